The number of fused-ring (bicyclic) bond motifs is 1. The van der Waals surface area contributed by atoms with Crippen LogP contribution in [0.15, 0.2) is 10.5 Å². The molecular formula is C10H10BrCl2NO2. The van der Waals surface area contributed by atoms with Gasteiger partial charge in [0.05, 0.1) is 29.8 Å². The molecule has 1 heterocycles. The number of nitrogens with one attached hydrogen (secondary N) is 1. The largest absolute Gasteiger partial charge is 0.492 e. The molecule has 0 fully saturated rings. The summed E-state index contributed by atoms with van der Waals surface area (Å²) in [6, 6.07) is 1.73. The number of hydrogen-bond acceptors (Lipinski definition) is 3. The highest BCUT2D eigenvalue weighted by Gasteiger charge is 2.27. The maximum Gasteiger partial charge on any atom is 0.144 e. The lowest BCUT2D eigenvalue weighted by molar-refractivity contribution is 0.0463. The van der Waals surface area contributed by atoms with E-state index >= 15 is 0 Å². The second kappa shape index (κ2) is 5.10. The predicted octanol–water partition coefficient (Wildman–Crippen LogP) is 3.73. The molecule has 1 aromatic rings. The molecule has 3 nitrogen and oxygen atoms in total. The topological polar surface area (TPSA) is 30.5 Å². The molecule has 88 valence electrons. The molecule has 0 aliphatic carbocycles. The molecule has 0 saturated carbocycles. The molecule has 0 aromatic heterocycles. The van der Waals surface area contributed by atoms with Gasteiger partial charge < -0.3 is 9.57 Å². The first-order valence-electron chi connectivity index (χ1n) is 4.74. The summed E-state index contributed by atoms with van der Waals surface area (Å²) >= 11 is 15.7. The highest BCUT2D eigenvalue weighted by atomic mass is 79.9. The Hall–Kier alpha value is -0.0000000000000000555. The van der Waals surface area contributed by atoms with Gasteiger partial charge in [0.15, 0.2) is 0 Å². The van der Waals surface area contributed by atoms with Gasteiger partial charge in [-0.25, -0.2) is 0 Å². The summed E-state index contributed by atoms with van der Waals surface area (Å²) < 4.78 is 6.29. The normalized spacial score (nSPS) is 19.1. The fourth-order valence-corrected chi connectivity index (χ4v) is 2.85. The number of benzene rings is 1. The van der Waals surface area contributed by atoms with Crippen LogP contribution >= 0.6 is 39.1 Å². The molecule has 0 amide bonds. The average molecular weight is 327 g/mol. The molecular weight excluding hydrogens is 317 g/mol. The van der Waals surface area contributed by atoms with Crippen LogP contribution in [0.3, 0.4) is 0 Å². The van der Waals surface area contributed by atoms with Gasteiger partial charge in [0.25, 0.3) is 0 Å². The summed E-state index contributed by atoms with van der Waals surface area (Å²) in [5, 5.41) is 1.16. The van der Waals surface area contributed by atoms with Crippen LogP contribution in [0.4, 0.5) is 0 Å². The molecule has 1 aliphatic heterocycles. The molecule has 0 spiro atoms. The third-order valence-corrected chi connectivity index (χ3v) is 3.96. The highest BCUT2D eigenvalue weighted by molar-refractivity contribution is 9.10. The molecule has 1 N–H and O–H groups in total. The summed E-state index contributed by atoms with van der Waals surface area (Å²) in [7, 11) is 1.57. The van der Waals surface area contributed by atoms with Crippen molar-refractivity contribution >= 4 is 39.1 Å². The first-order chi connectivity index (χ1) is 7.65. The zero-order valence-electron chi connectivity index (χ0n) is 8.52. The van der Waals surface area contributed by atoms with Gasteiger partial charge in [-0.1, -0.05) is 23.2 Å². The maximum atomic E-state index is 6.23. The molecule has 0 saturated heterocycles. The van der Waals surface area contributed by atoms with Crippen LogP contribution in [-0.2, 0) is 4.84 Å². The smallest absolute Gasteiger partial charge is 0.144 e. The van der Waals surface area contributed by atoms with Gasteiger partial charge in [0.1, 0.15) is 5.75 Å². The van der Waals surface area contributed by atoms with Crippen LogP contribution < -0.4 is 10.2 Å². The lowest BCUT2D eigenvalue weighted by Crippen LogP contribution is -2.26. The summed E-state index contributed by atoms with van der Waals surface area (Å²) in [5.74, 6) is 0.635. The number of hydroxylamine groups is 1. The van der Waals surface area contributed by atoms with E-state index in [2.05, 4.69) is 21.4 Å². The van der Waals surface area contributed by atoms with Crippen molar-refractivity contribution in [1.29, 1.82) is 0 Å². The minimum Gasteiger partial charge on any atom is -0.492 e. The molecule has 1 unspecified atom stereocenters. The van der Waals surface area contributed by atoms with E-state index in [1.807, 2.05) is 0 Å². The fourth-order valence-electron chi connectivity index (χ4n) is 1.74. The minimum absolute atomic E-state index is 0.00347. The van der Waals surface area contributed by atoms with Crippen molar-refractivity contribution in [2.24, 2.45) is 0 Å². The van der Waals surface area contributed by atoms with Gasteiger partial charge in [-0.05, 0) is 22.0 Å². The minimum atomic E-state index is -0.00347. The molecule has 16 heavy (non-hydrogen) atoms. The molecule has 1 aliphatic rings. The van der Waals surface area contributed by atoms with Crippen LogP contribution in [0.2, 0.25) is 10.0 Å². The van der Waals surface area contributed by atoms with Crippen molar-refractivity contribution in [3.63, 3.8) is 0 Å². The molecule has 0 bridgehead atoms. The SMILES string of the molecule is CONC1CCOc2c(Cl)cc(Br)c(Cl)c21. The summed E-state index contributed by atoms with van der Waals surface area (Å²) in [4.78, 5) is 4.95. The van der Waals surface area contributed by atoms with Gasteiger partial charge in [-0.3, -0.25) is 0 Å². The Morgan fingerprint density at radius 1 is 1.56 bits per heavy atom. The van der Waals surface area contributed by atoms with Gasteiger partial charge in [0, 0.05) is 16.5 Å². The second-order valence-corrected chi connectivity index (χ2v) is 5.05. The number of hydrogen-bond donors (Lipinski definition) is 1. The number of rotatable bonds is 2. The zero-order chi connectivity index (χ0) is 11.7. The maximum absolute atomic E-state index is 6.23. The Kier molecular flexibility index (Phi) is 3.97. The Morgan fingerprint density at radius 2 is 2.31 bits per heavy atom. The van der Waals surface area contributed by atoms with Gasteiger partial charge in [0.2, 0.25) is 0 Å². The highest BCUT2D eigenvalue weighted by Crippen LogP contribution is 2.45. The number of ether oxygens (including phenoxy) is 1. The van der Waals surface area contributed by atoms with Crippen molar-refractivity contribution in [3.05, 3.63) is 26.1 Å². The van der Waals surface area contributed by atoms with E-state index in [0.717, 1.165) is 16.5 Å². The third-order valence-electron chi connectivity index (χ3n) is 2.42. The van der Waals surface area contributed by atoms with E-state index in [4.69, 9.17) is 32.8 Å². The first kappa shape index (κ1) is 12.5. The van der Waals surface area contributed by atoms with Crippen LogP contribution in [0.5, 0.6) is 5.75 Å². The first-order valence-corrected chi connectivity index (χ1v) is 6.28. The van der Waals surface area contributed by atoms with E-state index in [1.165, 1.54) is 0 Å². The van der Waals surface area contributed by atoms with Crippen LogP contribution in [0, 0.1) is 0 Å². The summed E-state index contributed by atoms with van der Waals surface area (Å²) in [5.41, 5.74) is 3.73. The third kappa shape index (κ3) is 2.17. The van der Waals surface area contributed by atoms with Crippen LogP contribution in [-0.4, -0.2) is 13.7 Å². The second-order valence-electron chi connectivity index (χ2n) is 3.41. The Bertz CT molecular complexity index is 414. The van der Waals surface area contributed by atoms with Crippen LogP contribution in [0.1, 0.15) is 18.0 Å². The molecule has 1 aromatic carbocycles. The standard InChI is InChI=1S/C10H10BrCl2NO2/c1-15-14-7-2-3-16-10-6(12)4-5(11)9(13)8(7)10/h4,7,14H,2-3H2,1H3. The number of halogens is 3. The zero-order valence-corrected chi connectivity index (χ0v) is 11.6. The fraction of sp³-hybridized carbons (Fsp3) is 0.400. The van der Waals surface area contributed by atoms with Crippen molar-refractivity contribution in [2.75, 3.05) is 13.7 Å². The van der Waals surface area contributed by atoms with E-state index in [9.17, 15) is 0 Å². The van der Waals surface area contributed by atoms with E-state index in [0.29, 0.717) is 22.4 Å². The van der Waals surface area contributed by atoms with E-state index < -0.39 is 0 Å². The van der Waals surface area contributed by atoms with Crippen LogP contribution in [0.25, 0.3) is 0 Å². The molecule has 2 rings (SSSR count). The van der Waals surface area contributed by atoms with Gasteiger partial charge in [-0.15, -0.1) is 0 Å². The van der Waals surface area contributed by atoms with Crippen molar-refractivity contribution in [2.45, 2.75) is 12.5 Å². The Labute approximate surface area is 112 Å². The predicted molar refractivity (Wildman–Crippen MR) is 67.2 cm³/mol. The lowest BCUT2D eigenvalue weighted by Gasteiger charge is -2.28. The molecule has 0 radical (unpaired) electrons. The lowest BCUT2D eigenvalue weighted by atomic mass is 10.0. The summed E-state index contributed by atoms with van der Waals surface area (Å²) in [6.45, 7) is 0.589. The quantitative estimate of drug-likeness (QED) is 0.663. The average Bonchev–Trinajstić information content (AvgIpc) is 2.26. The van der Waals surface area contributed by atoms with Crippen molar-refractivity contribution in [1.82, 2.24) is 5.48 Å². The Morgan fingerprint density at radius 3 is 3.00 bits per heavy atom. The summed E-state index contributed by atoms with van der Waals surface area (Å²) in [6.07, 6.45) is 0.785. The van der Waals surface area contributed by atoms with E-state index in [1.54, 1.807) is 13.2 Å². The monoisotopic (exact) mass is 325 g/mol. The van der Waals surface area contributed by atoms with E-state index in [-0.39, 0.29) is 6.04 Å². The molecule has 1 atom stereocenters. The molecule has 6 heteroatoms. The van der Waals surface area contributed by atoms with Gasteiger partial charge >= 0.3 is 0 Å². The Balaban J connectivity index is 2.53. The van der Waals surface area contributed by atoms with Gasteiger partial charge in [-0.2, -0.15) is 5.48 Å². The van der Waals surface area contributed by atoms with Crippen molar-refractivity contribution in [3.8, 4) is 5.75 Å². The van der Waals surface area contributed by atoms with Crippen molar-refractivity contribution < 1.29 is 9.57 Å².